The van der Waals surface area contributed by atoms with Gasteiger partial charge in [0.25, 0.3) is 0 Å². The Hall–Kier alpha value is -1.04. The first kappa shape index (κ1) is 19.5. The lowest BCUT2D eigenvalue weighted by Crippen LogP contribution is -1.66. The molecular weight excluding hydrogens is 180 g/mol. The van der Waals surface area contributed by atoms with Crippen LogP contribution in [0, 0.1) is 0 Å². The van der Waals surface area contributed by atoms with Crippen molar-refractivity contribution in [2.45, 2.75) is 46.5 Å². The molecule has 0 aliphatic carbocycles. The topological polar surface area (TPSA) is 0 Å². The summed E-state index contributed by atoms with van der Waals surface area (Å²) in [4.78, 5) is 0. The molecule has 0 fully saturated rings. The molecule has 0 radical (unpaired) electrons. The molecule has 0 aromatic heterocycles. The second-order valence-electron chi connectivity index (χ2n) is 3.23. The summed E-state index contributed by atoms with van der Waals surface area (Å²) < 4.78 is 0. The van der Waals surface area contributed by atoms with E-state index in [2.05, 4.69) is 40.2 Å². The van der Waals surface area contributed by atoms with Crippen LogP contribution < -0.4 is 0 Å². The zero-order chi connectivity index (χ0) is 12.5. The number of allylic oxidation sites excluding steroid dienone is 4. The molecule has 0 unspecified atom stereocenters. The van der Waals surface area contributed by atoms with Crippen molar-refractivity contribution in [2.24, 2.45) is 0 Å². The fourth-order valence-corrected chi connectivity index (χ4v) is 0.500. The molecule has 0 bridgehead atoms. The van der Waals surface area contributed by atoms with Crippen LogP contribution in [0.2, 0.25) is 0 Å². The maximum absolute atomic E-state index is 3.56. The third kappa shape index (κ3) is 63.3. The molecule has 0 saturated heterocycles. The second kappa shape index (κ2) is 23.1. The Morgan fingerprint density at radius 3 is 1.27 bits per heavy atom. The van der Waals surface area contributed by atoms with E-state index >= 15 is 0 Å². The van der Waals surface area contributed by atoms with E-state index in [1.165, 1.54) is 25.7 Å². The number of rotatable bonds is 5. The monoisotopic (exact) mass is 208 g/mol. The van der Waals surface area contributed by atoms with E-state index in [0.717, 1.165) is 5.57 Å². The summed E-state index contributed by atoms with van der Waals surface area (Å²) in [7, 11) is 0. The molecule has 0 rings (SSSR count). The normalized spacial score (nSPS) is 7.13. The summed E-state index contributed by atoms with van der Waals surface area (Å²) in [6.07, 6.45) is 10.5. The van der Waals surface area contributed by atoms with Crippen LogP contribution in [0.25, 0.3) is 0 Å². The predicted molar refractivity (Wildman–Crippen MR) is 75.2 cm³/mol. The Kier molecular flexibility index (Phi) is 30.0. The molecule has 15 heavy (non-hydrogen) atoms. The molecule has 88 valence electrons. The average molecular weight is 208 g/mol. The third-order valence-electron chi connectivity index (χ3n) is 1.47. The lowest BCUT2D eigenvalue weighted by atomic mass is 10.2. The van der Waals surface area contributed by atoms with Crippen LogP contribution in [0.3, 0.4) is 0 Å². The van der Waals surface area contributed by atoms with Crippen molar-refractivity contribution in [1.29, 1.82) is 0 Å². The number of unbranched alkanes of at least 4 members (excludes halogenated alkanes) is 3. The highest BCUT2D eigenvalue weighted by molar-refractivity contribution is 5.05. The lowest BCUT2D eigenvalue weighted by molar-refractivity contribution is 0.702. The zero-order valence-corrected chi connectivity index (χ0v) is 10.9. The predicted octanol–water partition coefficient (Wildman–Crippen LogP) is 5.69. The van der Waals surface area contributed by atoms with Crippen molar-refractivity contribution < 1.29 is 0 Å². The summed E-state index contributed by atoms with van der Waals surface area (Å²) in [5.41, 5.74) is 1.02. The van der Waals surface area contributed by atoms with Gasteiger partial charge in [0.05, 0.1) is 0 Å². The van der Waals surface area contributed by atoms with Gasteiger partial charge in [-0.2, -0.15) is 0 Å². The molecule has 0 aliphatic heterocycles. The van der Waals surface area contributed by atoms with Crippen LogP contribution in [-0.4, -0.2) is 0 Å². The molecule has 0 aliphatic rings. The van der Waals surface area contributed by atoms with E-state index in [4.69, 9.17) is 0 Å². The maximum atomic E-state index is 3.56. The Morgan fingerprint density at radius 1 is 0.933 bits per heavy atom. The van der Waals surface area contributed by atoms with E-state index in [0.29, 0.717) is 0 Å². The smallest absolute Gasteiger partial charge is 0.0404 e. The molecule has 0 atom stereocenters. The summed E-state index contributed by atoms with van der Waals surface area (Å²) in [5.74, 6) is 0. The first-order chi connectivity index (χ1) is 7.10. The van der Waals surface area contributed by atoms with E-state index < -0.39 is 0 Å². The van der Waals surface area contributed by atoms with Crippen molar-refractivity contribution in [3.8, 4) is 0 Å². The van der Waals surface area contributed by atoms with Crippen LogP contribution in [-0.2, 0) is 0 Å². The van der Waals surface area contributed by atoms with Gasteiger partial charge < -0.3 is 0 Å². The number of hydrogen-bond acceptors (Lipinski definition) is 0. The largest absolute Gasteiger partial charge is 0.0991 e. The standard InChI is InChI=1S/C6H14.C5H8.C4H6/c1-3-5-6-4-2;1-4-5(2)3;1-3-4-2/h3-6H2,1-2H3;4H,1-2H2,3H3;3-4H,1-2H2. The van der Waals surface area contributed by atoms with Gasteiger partial charge in [-0.05, 0) is 6.92 Å². The van der Waals surface area contributed by atoms with Crippen LogP contribution in [0.1, 0.15) is 46.5 Å². The van der Waals surface area contributed by atoms with Gasteiger partial charge in [0, 0.05) is 0 Å². The molecule has 0 saturated carbocycles. The Labute approximate surface area is 97.1 Å². The quantitative estimate of drug-likeness (QED) is 0.402. The van der Waals surface area contributed by atoms with Gasteiger partial charge in [-0.3, -0.25) is 0 Å². The van der Waals surface area contributed by atoms with Crippen LogP contribution in [0.15, 0.2) is 50.1 Å². The van der Waals surface area contributed by atoms with Crippen molar-refractivity contribution in [1.82, 2.24) is 0 Å². The fraction of sp³-hybridized carbons (Fsp3) is 0.467. The van der Waals surface area contributed by atoms with Gasteiger partial charge in [-0.25, -0.2) is 0 Å². The van der Waals surface area contributed by atoms with E-state index in [9.17, 15) is 0 Å². The summed E-state index contributed by atoms with van der Waals surface area (Å²) >= 11 is 0. The minimum atomic E-state index is 1.02. The van der Waals surface area contributed by atoms with Gasteiger partial charge in [-0.1, -0.05) is 89.6 Å². The average Bonchev–Trinajstić information content (AvgIpc) is 2.27. The van der Waals surface area contributed by atoms with Crippen LogP contribution >= 0.6 is 0 Å². The molecule has 0 N–H and O–H groups in total. The molecular formula is C15H28. The lowest BCUT2D eigenvalue weighted by Gasteiger charge is -1.86. The molecule has 0 aromatic rings. The summed E-state index contributed by atoms with van der Waals surface area (Å²) in [5, 5.41) is 0. The van der Waals surface area contributed by atoms with Gasteiger partial charge in [-0.15, -0.1) is 0 Å². The first-order valence-electron chi connectivity index (χ1n) is 5.61. The minimum absolute atomic E-state index is 1.02. The highest BCUT2D eigenvalue weighted by atomic mass is 13.8. The Bertz CT molecular complexity index is 141. The number of hydrogen-bond donors (Lipinski definition) is 0. The van der Waals surface area contributed by atoms with Crippen molar-refractivity contribution >= 4 is 0 Å². The third-order valence-corrected chi connectivity index (χ3v) is 1.47. The zero-order valence-electron chi connectivity index (χ0n) is 10.9. The highest BCUT2D eigenvalue weighted by Crippen LogP contribution is 1.95. The van der Waals surface area contributed by atoms with Crippen molar-refractivity contribution in [3.63, 3.8) is 0 Å². The fourth-order valence-electron chi connectivity index (χ4n) is 0.500. The molecule has 0 heterocycles. The molecule has 0 spiro atoms. The minimum Gasteiger partial charge on any atom is -0.0991 e. The van der Waals surface area contributed by atoms with E-state index in [1.807, 2.05) is 6.92 Å². The van der Waals surface area contributed by atoms with Gasteiger partial charge in [0.2, 0.25) is 0 Å². The van der Waals surface area contributed by atoms with E-state index in [1.54, 1.807) is 18.2 Å². The maximum Gasteiger partial charge on any atom is -0.0404 e. The first-order valence-corrected chi connectivity index (χ1v) is 5.61. The molecule has 0 amide bonds. The SMILES string of the molecule is C=CC(=C)C.C=CC=C.CCCCCC. The van der Waals surface area contributed by atoms with Crippen molar-refractivity contribution in [2.75, 3.05) is 0 Å². The highest BCUT2D eigenvalue weighted by Gasteiger charge is 1.75. The Morgan fingerprint density at radius 2 is 1.20 bits per heavy atom. The van der Waals surface area contributed by atoms with Crippen LogP contribution in [0.5, 0.6) is 0 Å². The van der Waals surface area contributed by atoms with E-state index in [-0.39, 0.29) is 0 Å². The van der Waals surface area contributed by atoms with Gasteiger partial charge in [0.15, 0.2) is 0 Å². The molecule has 0 heteroatoms. The summed E-state index contributed by atoms with van der Waals surface area (Å²) in [6, 6.07) is 0. The van der Waals surface area contributed by atoms with Crippen LogP contribution in [0.4, 0.5) is 0 Å². The summed E-state index contributed by atoms with van der Waals surface area (Å²) in [6.45, 7) is 20.1. The van der Waals surface area contributed by atoms with Gasteiger partial charge in [0.1, 0.15) is 0 Å². The molecule has 0 nitrogen and oxygen atoms in total. The Balaban J connectivity index is -0.000000147. The van der Waals surface area contributed by atoms with Crippen molar-refractivity contribution in [3.05, 3.63) is 50.1 Å². The molecule has 0 aromatic carbocycles. The van der Waals surface area contributed by atoms with Gasteiger partial charge >= 0.3 is 0 Å². The second-order valence-corrected chi connectivity index (χ2v) is 3.23.